The molecule has 68 valence electrons. The van der Waals surface area contributed by atoms with Gasteiger partial charge in [0.1, 0.15) is 0 Å². The van der Waals surface area contributed by atoms with Gasteiger partial charge in [0.15, 0.2) is 0 Å². The molecule has 0 N–H and O–H groups in total. The summed E-state index contributed by atoms with van der Waals surface area (Å²) < 4.78 is 0. The molecule has 0 saturated carbocycles. The first kappa shape index (κ1) is 9.57. The first-order valence-electron chi connectivity index (χ1n) is 4.94. The Hall–Kier alpha value is -0.520. The minimum atomic E-state index is 0.696. The molecule has 12 heavy (non-hydrogen) atoms. The Morgan fingerprint density at radius 3 is 1.92 bits per heavy atom. The number of hydrogen-bond donors (Lipinski definition) is 0. The lowest BCUT2D eigenvalue weighted by molar-refractivity contribution is 0.739. The van der Waals surface area contributed by atoms with Gasteiger partial charge in [-0.1, -0.05) is 39.3 Å². The Bertz CT molecular complexity index is 215. The topological polar surface area (TPSA) is 0 Å². The average molecular weight is 164 g/mol. The zero-order chi connectivity index (χ0) is 9.30. The highest BCUT2D eigenvalue weighted by Gasteiger charge is 2.17. The second-order valence-corrected chi connectivity index (χ2v) is 4.32. The highest BCUT2D eigenvalue weighted by atomic mass is 14.2. The number of allylic oxidation sites excluding steroid dienone is 4. The van der Waals surface area contributed by atoms with Gasteiger partial charge in [-0.3, -0.25) is 0 Å². The molecule has 0 heteroatoms. The highest BCUT2D eigenvalue weighted by Crippen LogP contribution is 2.34. The molecule has 0 aromatic carbocycles. The quantitative estimate of drug-likeness (QED) is 0.580. The lowest BCUT2D eigenvalue weighted by Crippen LogP contribution is -1.96. The average Bonchev–Trinajstić information content (AvgIpc) is 2.30. The largest absolute Gasteiger partial charge is 0.0767 e. The lowest BCUT2D eigenvalue weighted by atomic mass is 9.94. The van der Waals surface area contributed by atoms with E-state index in [0.717, 1.165) is 5.92 Å². The predicted octanol–water partition coefficient (Wildman–Crippen LogP) is 3.95. The Morgan fingerprint density at radius 2 is 1.67 bits per heavy atom. The normalized spacial score (nSPS) is 18.1. The summed E-state index contributed by atoms with van der Waals surface area (Å²) in [7, 11) is 0. The first-order chi connectivity index (χ1) is 5.54. The molecule has 0 aromatic heterocycles. The minimum absolute atomic E-state index is 0.696. The minimum Gasteiger partial charge on any atom is -0.0767 e. The molecule has 0 spiro atoms. The van der Waals surface area contributed by atoms with E-state index in [-0.39, 0.29) is 0 Å². The van der Waals surface area contributed by atoms with E-state index in [1.54, 1.807) is 16.7 Å². The van der Waals surface area contributed by atoms with Crippen LogP contribution in [0.2, 0.25) is 0 Å². The summed E-state index contributed by atoms with van der Waals surface area (Å²) in [5.74, 6) is 1.42. The molecule has 0 radical (unpaired) electrons. The van der Waals surface area contributed by atoms with Crippen LogP contribution in [0.15, 0.2) is 22.8 Å². The van der Waals surface area contributed by atoms with Crippen LogP contribution in [0.5, 0.6) is 0 Å². The third-order valence-electron chi connectivity index (χ3n) is 2.78. The number of rotatable bonds is 2. The van der Waals surface area contributed by atoms with Crippen LogP contribution in [0.4, 0.5) is 0 Å². The zero-order valence-electron chi connectivity index (χ0n) is 8.94. The molecule has 0 aromatic rings. The smallest absolute Gasteiger partial charge is 0.0124 e. The van der Waals surface area contributed by atoms with Crippen LogP contribution < -0.4 is 0 Å². The van der Waals surface area contributed by atoms with E-state index in [9.17, 15) is 0 Å². The van der Waals surface area contributed by atoms with E-state index >= 15 is 0 Å². The Balaban J connectivity index is 2.86. The van der Waals surface area contributed by atoms with E-state index < -0.39 is 0 Å². The van der Waals surface area contributed by atoms with E-state index in [1.807, 2.05) is 0 Å². The summed E-state index contributed by atoms with van der Waals surface area (Å²) in [5.41, 5.74) is 4.76. The molecule has 1 aliphatic rings. The summed E-state index contributed by atoms with van der Waals surface area (Å²) in [6, 6.07) is 0. The fourth-order valence-electron chi connectivity index (χ4n) is 2.05. The van der Waals surface area contributed by atoms with Gasteiger partial charge < -0.3 is 0 Å². The van der Waals surface area contributed by atoms with Crippen molar-refractivity contribution in [3.8, 4) is 0 Å². The summed E-state index contributed by atoms with van der Waals surface area (Å²) in [4.78, 5) is 0. The van der Waals surface area contributed by atoms with Gasteiger partial charge in [0.05, 0.1) is 0 Å². The molecule has 0 fully saturated rings. The van der Waals surface area contributed by atoms with Crippen LogP contribution in [0.25, 0.3) is 0 Å². The van der Waals surface area contributed by atoms with Crippen LogP contribution in [0.3, 0.4) is 0 Å². The van der Waals surface area contributed by atoms with E-state index in [1.165, 1.54) is 6.42 Å². The molecule has 0 saturated heterocycles. The molecular weight excluding hydrogens is 144 g/mol. The van der Waals surface area contributed by atoms with Crippen molar-refractivity contribution >= 4 is 0 Å². The third kappa shape index (κ3) is 1.63. The molecule has 0 unspecified atom stereocenters. The maximum absolute atomic E-state index is 2.40. The molecule has 1 rings (SSSR count). The van der Waals surface area contributed by atoms with Gasteiger partial charge in [0.25, 0.3) is 0 Å². The van der Waals surface area contributed by atoms with Gasteiger partial charge in [0.2, 0.25) is 0 Å². The zero-order valence-corrected chi connectivity index (χ0v) is 8.94. The fourth-order valence-corrected chi connectivity index (χ4v) is 2.05. The Morgan fingerprint density at radius 1 is 1.08 bits per heavy atom. The van der Waals surface area contributed by atoms with E-state index in [2.05, 4.69) is 40.7 Å². The first-order valence-corrected chi connectivity index (χ1v) is 4.94. The molecule has 1 aliphatic carbocycles. The van der Waals surface area contributed by atoms with Gasteiger partial charge in [-0.2, -0.15) is 0 Å². The van der Waals surface area contributed by atoms with Crippen molar-refractivity contribution in [3.63, 3.8) is 0 Å². The molecule has 0 bridgehead atoms. The van der Waals surface area contributed by atoms with Crippen LogP contribution in [0, 0.1) is 11.8 Å². The predicted molar refractivity (Wildman–Crippen MR) is 55.1 cm³/mol. The van der Waals surface area contributed by atoms with Gasteiger partial charge in [-0.05, 0) is 36.3 Å². The maximum atomic E-state index is 2.40. The van der Waals surface area contributed by atoms with E-state index in [0.29, 0.717) is 5.92 Å². The van der Waals surface area contributed by atoms with Gasteiger partial charge in [-0.15, -0.1) is 0 Å². The SMILES string of the molecule is CC1=C(C(C)C)CC=C1C(C)C. The van der Waals surface area contributed by atoms with E-state index in [4.69, 9.17) is 0 Å². The Kier molecular flexibility index (Phi) is 2.76. The Labute approximate surface area is 76.4 Å². The fraction of sp³-hybridized carbons (Fsp3) is 0.667. The van der Waals surface area contributed by atoms with Crippen LogP contribution >= 0.6 is 0 Å². The van der Waals surface area contributed by atoms with Gasteiger partial charge in [0, 0.05) is 0 Å². The second-order valence-electron chi connectivity index (χ2n) is 4.32. The molecular formula is C12H20. The number of hydrogen-bond acceptors (Lipinski definition) is 0. The molecule has 0 nitrogen and oxygen atoms in total. The van der Waals surface area contributed by atoms with Crippen molar-refractivity contribution in [2.24, 2.45) is 11.8 Å². The van der Waals surface area contributed by atoms with Crippen LogP contribution in [0.1, 0.15) is 41.0 Å². The molecule has 0 aliphatic heterocycles. The van der Waals surface area contributed by atoms with Crippen molar-refractivity contribution in [1.82, 2.24) is 0 Å². The van der Waals surface area contributed by atoms with Crippen molar-refractivity contribution in [2.75, 3.05) is 0 Å². The van der Waals surface area contributed by atoms with Crippen LogP contribution in [-0.2, 0) is 0 Å². The molecule has 0 heterocycles. The van der Waals surface area contributed by atoms with Gasteiger partial charge >= 0.3 is 0 Å². The monoisotopic (exact) mass is 164 g/mol. The summed E-state index contributed by atoms with van der Waals surface area (Å²) in [5, 5.41) is 0. The summed E-state index contributed by atoms with van der Waals surface area (Å²) >= 11 is 0. The summed E-state index contributed by atoms with van der Waals surface area (Å²) in [6.45, 7) is 11.4. The van der Waals surface area contributed by atoms with Crippen molar-refractivity contribution in [3.05, 3.63) is 22.8 Å². The standard InChI is InChI=1S/C12H20/c1-8(2)11-6-7-12(9(3)4)10(11)5/h6,8-9H,7H2,1-5H3. The second kappa shape index (κ2) is 3.47. The molecule has 0 atom stereocenters. The highest BCUT2D eigenvalue weighted by molar-refractivity contribution is 5.42. The van der Waals surface area contributed by atoms with Crippen molar-refractivity contribution < 1.29 is 0 Å². The molecule has 0 amide bonds. The van der Waals surface area contributed by atoms with Gasteiger partial charge in [-0.25, -0.2) is 0 Å². The van der Waals surface area contributed by atoms with Crippen molar-refractivity contribution in [1.29, 1.82) is 0 Å². The van der Waals surface area contributed by atoms with Crippen molar-refractivity contribution in [2.45, 2.75) is 41.0 Å². The maximum Gasteiger partial charge on any atom is -0.0124 e. The lowest BCUT2D eigenvalue weighted by Gasteiger charge is -2.12. The third-order valence-corrected chi connectivity index (χ3v) is 2.78. The van der Waals surface area contributed by atoms with Crippen LogP contribution in [-0.4, -0.2) is 0 Å². The summed E-state index contributed by atoms with van der Waals surface area (Å²) in [6.07, 6.45) is 3.59.